The van der Waals surface area contributed by atoms with Gasteiger partial charge in [0, 0.05) is 16.8 Å². The summed E-state index contributed by atoms with van der Waals surface area (Å²) in [5, 5.41) is 20.4. The Morgan fingerprint density at radius 1 is 1.19 bits per heavy atom. The third-order valence-electron chi connectivity index (χ3n) is 6.54. The molecule has 4 nitrogen and oxygen atoms in total. The second kappa shape index (κ2) is 7.25. The van der Waals surface area contributed by atoms with Crippen molar-refractivity contribution in [1.82, 2.24) is 4.57 Å². The molecular formula is C24H23F4NO3. The molecule has 0 bridgehead atoms. The molecule has 0 spiro atoms. The summed E-state index contributed by atoms with van der Waals surface area (Å²) in [6.45, 7) is 5.39. The first kappa shape index (κ1) is 22.2. The van der Waals surface area contributed by atoms with Crippen LogP contribution in [-0.2, 0) is 4.79 Å². The smallest absolute Gasteiger partial charge is 0.404 e. The van der Waals surface area contributed by atoms with Gasteiger partial charge in [0.05, 0.1) is 5.52 Å². The van der Waals surface area contributed by atoms with Crippen LogP contribution < -0.4 is 0 Å². The van der Waals surface area contributed by atoms with Crippen LogP contribution in [0, 0.1) is 18.2 Å². The van der Waals surface area contributed by atoms with Crippen molar-refractivity contribution in [2.45, 2.75) is 51.6 Å². The quantitative estimate of drug-likeness (QED) is 0.452. The van der Waals surface area contributed by atoms with E-state index in [1.807, 2.05) is 18.4 Å². The van der Waals surface area contributed by atoms with Gasteiger partial charge in [-0.2, -0.15) is 13.2 Å². The highest BCUT2D eigenvalue weighted by atomic mass is 19.4. The number of fused-ring (bicyclic) bond motifs is 1. The molecule has 2 N–H and O–H groups in total. The number of carboxylic acids is 1. The molecule has 1 aliphatic rings. The van der Waals surface area contributed by atoms with Crippen LogP contribution in [0.15, 0.2) is 36.4 Å². The van der Waals surface area contributed by atoms with E-state index in [9.17, 15) is 32.6 Å². The summed E-state index contributed by atoms with van der Waals surface area (Å²) >= 11 is 0. The molecule has 3 aromatic rings. The zero-order valence-corrected chi connectivity index (χ0v) is 17.8. The van der Waals surface area contributed by atoms with Gasteiger partial charge in [-0.15, -0.1) is 0 Å². The average Bonchev–Trinajstić information content (AvgIpc) is 2.98. The van der Waals surface area contributed by atoms with Crippen molar-refractivity contribution in [2.75, 3.05) is 0 Å². The maximum atomic E-state index is 13.9. The topological polar surface area (TPSA) is 62.5 Å². The van der Waals surface area contributed by atoms with E-state index in [0.717, 1.165) is 0 Å². The van der Waals surface area contributed by atoms with Gasteiger partial charge in [-0.3, -0.25) is 4.79 Å². The number of aryl methyl sites for hydroxylation is 1. The molecular weight excluding hydrogens is 426 g/mol. The molecule has 170 valence electrons. The van der Waals surface area contributed by atoms with Crippen molar-refractivity contribution in [3.63, 3.8) is 0 Å². The van der Waals surface area contributed by atoms with E-state index in [1.54, 1.807) is 31.2 Å². The molecule has 1 aliphatic carbocycles. The number of phenols is 1. The van der Waals surface area contributed by atoms with E-state index in [1.165, 1.54) is 12.1 Å². The number of hydrogen-bond acceptors (Lipinski definition) is 2. The molecule has 1 fully saturated rings. The van der Waals surface area contributed by atoms with Crippen LogP contribution in [0.1, 0.15) is 55.3 Å². The van der Waals surface area contributed by atoms with Crippen LogP contribution in [0.4, 0.5) is 17.6 Å². The molecule has 0 aliphatic heterocycles. The van der Waals surface area contributed by atoms with Crippen molar-refractivity contribution in [2.24, 2.45) is 5.41 Å². The molecule has 0 radical (unpaired) electrons. The second-order valence-electron chi connectivity index (χ2n) is 8.88. The number of rotatable bonds is 4. The molecule has 2 aromatic carbocycles. The van der Waals surface area contributed by atoms with Gasteiger partial charge in [-0.25, -0.2) is 4.39 Å². The Morgan fingerprint density at radius 2 is 1.84 bits per heavy atom. The molecule has 0 saturated heterocycles. The van der Waals surface area contributed by atoms with E-state index in [4.69, 9.17) is 0 Å². The summed E-state index contributed by atoms with van der Waals surface area (Å²) in [4.78, 5) is 11.6. The van der Waals surface area contributed by atoms with Crippen LogP contribution in [-0.4, -0.2) is 26.9 Å². The van der Waals surface area contributed by atoms with Gasteiger partial charge in [-0.1, -0.05) is 19.9 Å². The lowest BCUT2D eigenvalue weighted by molar-refractivity contribution is -0.256. The molecule has 0 amide bonds. The minimum absolute atomic E-state index is 0.0863. The highest BCUT2D eigenvalue weighted by Gasteiger charge is 2.68. The molecule has 1 heterocycles. The third-order valence-corrected chi connectivity index (χ3v) is 6.54. The van der Waals surface area contributed by atoms with Crippen molar-refractivity contribution in [3.8, 4) is 11.4 Å². The number of halogens is 4. The van der Waals surface area contributed by atoms with Crippen molar-refractivity contribution in [3.05, 3.63) is 59.0 Å². The molecule has 1 saturated carbocycles. The average molecular weight is 449 g/mol. The molecule has 0 unspecified atom stereocenters. The Labute approximate surface area is 182 Å². The van der Waals surface area contributed by atoms with Gasteiger partial charge < -0.3 is 14.8 Å². The Hall–Kier alpha value is -3.03. The zero-order valence-electron chi connectivity index (χ0n) is 17.8. The van der Waals surface area contributed by atoms with E-state index in [2.05, 4.69) is 0 Å². The van der Waals surface area contributed by atoms with Gasteiger partial charge >= 0.3 is 12.1 Å². The normalized spacial score (nSPS) is 21.2. The van der Waals surface area contributed by atoms with Crippen LogP contribution in [0.3, 0.4) is 0 Å². The van der Waals surface area contributed by atoms with Crippen molar-refractivity contribution >= 4 is 16.9 Å². The number of alkyl halides is 3. The summed E-state index contributed by atoms with van der Waals surface area (Å²) in [6.07, 6.45) is -6.06. The number of hydrogen-bond donors (Lipinski definition) is 2. The predicted molar refractivity (Wildman–Crippen MR) is 112 cm³/mol. The Balaban J connectivity index is 1.98. The van der Waals surface area contributed by atoms with E-state index in [-0.39, 0.29) is 17.5 Å². The number of aliphatic carboxylic acids is 1. The van der Waals surface area contributed by atoms with Crippen LogP contribution in [0.5, 0.6) is 5.75 Å². The number of carboxylic acid groups (broad SMARTS) is 1. The molecule has 32 heavy (non-hydrogen) atoms. The van der Waals surface area contributed by atoms with Gasteiger partial charge in [0.15, 0.2) is 5.41 Å². The monoisotopic (exact) mass is 449 g/mol. The number of benzene rings is 2. The minimum atomic E-state index is -4.87. The van der Waals surface area contributed by atoms with Gasteiger partial charge in [0.25, 0.3) is 0 Å². The highest BCUT2D eigenvalue weighted by Crippen LogP contribution is 2.62. The summed E-state index contributed by atoms with van der Waals surface area (Å²) in [7, 11) is 0. The van der Waals surface area contributed by atoms with Gasteiger partial charge in [0.1, 0.15) is 11.6 Å². The number of aromatic nitrogens is 1. The van der Waals surface area contributed by atoms with E-state index >= 15 is 0 Å². The Bertz CT molecular complexity index is 1220. The van der Waals surface area contributed by atoms with Gasteiger partial charge in [0.2, 0.25) is 0 Å². The minimum Gasteiger partial charge on any atom is -0.507 e. The SMILES string of the molecule is Cc1cc(-n2c(C(C)C)c(C3CC(C(=O)O)(C(F)(F)F)C3)c3c(O)cccc32)ccc1F. The fourth-order valence-electron chi connectivity index (χ4n) is 4.91. The van der Waals surface area contributed by atoms with Crippen LogP contribution >= 0.6 is 0 Å². The number of nitrogens with zero attached hydrogens (tertiary/aromatic N) is 1. The van der Waals surface area contributed by atoms with Crippen molar-refractivity contribution in [1.29, 1.82) is 0 Å². The largest absolute Gasteiger partial charge is 0.507 e. The number of phenolic OH excluding ortho intramolecular Hbond substituents is 1. The molecule has 4 rings (SSSR count). The fourth-order valence-corrected chi connectivity index (χ4v) is 4.91. The predicted octanol–water partition coefficient (Wildman–Crippen LogP) is 6.42. The highest BCUT2D eigenvalue weighted by molar-refractivity contribution is 5.94. The Morgan fingerprint density at radius 3 is 2.38 bits per heavy atom. The summed E-state index contributed by atoms with van der Waals surface area (Å²) in [5.74, 6) is -3.20. The molecule has 1 aromatic heterocycles. The summed E-state index contributed by atoms with van der Waals surface area (Å²) < 4.78 is 56.6. The van der Waals surface area contributed by atoms with Crippen LogP contribution in [0.25, 0.3) is 16.6 Å². The molecule has 0 atom stereocenters. The first-order valence-corrected chi connectivity index (χ1v) is 10.3. The fraction of sp³-hybridized carbons (Fsp3) is 0.375. The standard InChI is InChI=1S/C24H23F4NO3/c1-12(2)21-19(14-10-23(11-14,22(31)32)24(26,27)28)20-17(5-4-6-18(20)30)29(21)15-7-8-16(25)13(3)9-15/h4-9,12,14,30H,10-11H2,1-3H3,(H,31,32). The van der Waals surface area contributed by atoms with Gasteiger partial charge in [-0.05, 0) is 73.1 Å². The molecule has 8 heteroatoms. The second-order valence-corrected chi connectivity index (χ2v) is 8.88. The van der Waals surface area contributed by atoms with E-state index in [0.29, 0.717) is 33.4 Å². The first-order valence-electron chi connectivity index (χ1n) is 10.3. The maximum Gasteiger partial charge on any atom is 0.404 e. The maximum absolute atomic E-state index is 13.9. The number of carbonyl (C=O) groups is 1. The Kier molecular flexibility index (Phi) is 5.02. The lowest BCUT2D eigenvalue weighted by atomic mass is 9.58. The number of aromatic hydroxyl groups is 1. The van der Waals surface area contributed by atoms with Crippen molar-refractivity contribution < 1.29 is 32.6 Å². The lowest BCUT2D eigenvalue weighted by Crippen LogP contribution is -2.53. The third kappa shape index (κ3) is 3.07. The zero-order chi connectivity index (χ0) is 23.6. The van der Waals surface area contributed by atoms with E-state index < -0.39 is 36.3 Å². The summed E-state index contributed by atoms with van der Waals surface area (Å²) in [6, 6.07) is 9.40. The lowest BCUT2D eigenvalue weighted by Gasteiger charge is -2.45. The summed E-state index contributed by atoms with van der Waals surface area (Å²) in [5.41, 5.74) is 0.0156. The first-order chi connectivity index (χ1) is 14.9. The van der Waals surface area contributed by atoms with Crippen LogP contribution in [0.2, 0.25) is 0 Å².